The minimum atomic E-state index is -2.67. The number of rotatable bonds is 4. The number of ether oxygens (including phenoxy) is 1. The Labute approximate surface area is 121 Å². The highest BCUT2D eigenvalue weighted by atomic mass is 19.3. The van der Waals surface area contributed by atoms with Crippen molar-refractivity contribution in [2.75, 3.05) is 33.3 Å². The van der Waals surface area contributed by atoms with Crippen LogP contribution in [0.5, 0.6) is 11.5 Å². The average Bonchev–Trinajstić information content (AvgIpc) is 2.50. The fourth-order valence-electron chi connectivity index (χ4n) is 2.53. The van der Waals surface area contributed by atoms with Gasteiger partial charge in [0.15, 0.2) is 11.5 Å². The van der Waals surface area contributed by atoms with Gasteiger partial charge in [-0.1, -0.05) is 0 Å². The van der Waals surface area contributed by atoms with E-state index in [1.165, 1.54) is 19.2 Å². The predicted octanol–water partition coefficient (Wildman–Crippen LogP) is 1.48. The van der Waals surface area contributed by atoms with Gasteiger partial charge < -0.3 is 15.2 Å². The van der Waals surface area contributed by atoms with Crippen LogP contribution in [0.1, 0.15) is 17.2 Å². The number of piperazine rings is 1. The highest BCUT2D eigenvalue weighted by Crippen LogP contribution is 2.39. The summed E-state index contributed by atoms with van der Waals surface area (Å²) in [5.74, 6) is -0.301. The van der Waals surface area contributed by atoms with Crippen molar-refractivity contribution in [3.63, 3.8) is 0 Å². The predicted molar refractivity (Wildman–Crippen MR) is 72.6 cm³/mol. The molecule has 0 spiro atoms. The van der Waals surface area contributed by atoms with Crippen molar-refractivity contribution in [1.82, 2.24) is 10.2 Å². The van der Waals surface area contributed by atoms with E-state index in [1.807, 2.05) is 6.07 Å². The summed E-state index contributed by atoms with van der Waals surface area (Å²) in [4.78, 5) is 1.61. The second-order valence-electron chi connectivity index (χ2n) is 4.79. The summed E-state index contributed by atoms with van der Waals surface area (Å²) in [5, 5.41) is 22.2. The Morgan fingerprint density at radius 3 is 2.57 bits per heavy atom. The number of phenolic OH excluding ortho intramolecular Hbond substituents is 1. The topological polar surface area (TPSA) is 68.5 Å². The number of hydrogen-bond acceptors (Lipinski definition) is 5. The summed E-state index contributed by atoms with van der Waals surface area (Å²) >= 11 is 0. The van der Waals surface area contributed by atoms with Crippen molar-refractivity contribution in [1.29, 1.82) is 5.26 Å². The summed E-state index contributed by atoms with van der Waals surface area (Å²) in [6.07, 6.45) is -2.67. The number of hydrogen-bond donors (Lipinski definition) is 2. The molecule has 1 atom stereocenters. The smallest absolute Gasteiger partial charge is 0.258 e. The normalized spacial score (nSPS) is 17.5. The molecule has 0 aromatic heterocycles. The van der Waals surface area contributed by atoms with Gasteiger partial charge in [-0.2, -0.15) is 5.26 Å². The monoisotopic (exact) mass is 297 g/mol. The van der Waals surface area contributed by atoms with Crippen LogP contribution in [0.3, 0.4) is 0 Å². The minimum absolute atomic E-state index is 0.0304. The molecule has 1 aromatic carbocycles. The number of aromatic hydroxyl groups is 1. The van der Waals surface area contributed by atoms with Gasteiger partial charge in [-0.3, -0.25) is 4.90 Å². The summed E-state index contributed by atoms with van der Waals surface area (Å²) in [5.41, 5.74) is 0.211. The van der Waals surface area contributed by atoms with E-state index >= 15 is 0 Å². The first-order valence-corrected chi connectivity index (χ1v) is 6.62. The van der Waals surface area contributed by atoms with Gasteiger partial charge in [-0.15, -0.1) is 0 Å². The summed E-state index contributed by atoms with van der Waals surface area (Å²) in [6.45, 7) is 2.12. The number of alkyl halides is 2. The van der Waals surface area contributed by atoms with Crippen LogP contribution in [0.4, 0.5) is 8.78 Å². The van der Waals surface area contributed by atoms with E-state index in [-0.39, 0.29) is 22.6 Å². The van der Waals surface area contributed by atoms with Gasteiger partial charge in [0.1, 0.15) is 6.04 Å². The molecule has 7 heteroatoms. The zero-order valence-corrected chi connectivity index (χ0v) is 11.6. The molecule has 1 aromatic rings. The van der Waals surface area contributed by atoms with Crippen LogP contribution in [0.2, 0.25) is 0 Å². The largest absolute Gasteiger partial charge is 0.504 e. The Balaban J connectivity index is 2.46. The highest BCUT2D eigenvalue weighted by molar-refractivity contribution is 5.53. The molecule has 5 nitrogen and oxygen atoms in total. The maximum absolute atomic E-state index is 13.5. The van der Waals surface area contributed by atoms with Crippen LogP contribution < -0.4 is 10.1 Å². The van der Waals surface area contributed by atoms with Crippen molar-refractivity contribution in [3.05, 3.63) is 23.3 Å². The van der Waals surface area contributed by atoms with E-state index in [2.05, 4.69) is 5.32 Å². The lowest BCUT2D eigenvalue weighted by Crippen LogP contribution is -2.46. The average molecular weight is 297 g/mol. The zero-order chi connectivity index (χ0) is 15.4. The first-order chi connectivity index (χ1) is 10.1. The van der Waals surface area contributed by atoms with Crippen LogP contribution in [0, 0.1) is 11.3 Å². The molecular weight excluding hydrogens is 280 g/mol. The zero-order valence-electron chi connectivity index (χ0n) is 11.6. The lowest BCUT2D eigenvalue weighted by molar-refractivity contribution is 0.0169. The van der Waals surface area contributed by atoms with Crippen LogP contribution in [-0.2, 0) is 0 Å². The van der Waals surface area contributed by atoms with Crippen molar-refractivity contribution < 1.29 is 18.6 Å². The number of methoxy groups -OCH3 is 1. The van der Waals surface area contributed by atoms with E-state index in [1.54, 1.807) is 4.90 Å². The Bertz CT molecular complexity index is 540. The molecule has 1 fully saturated rings. The standard InChI is InChI=1S/C14H17F2N3O2/c1-21-11-7-9(8-17)6-10(13(11)20)12(14(15)16)19-4-2-18-3-5-19/h6-7,12,14,18,20H,2-5H2,1H3/t12-/m1/s1. The number of halogens is 2. The molecule has 0 unspecified atom stereocenters. The Kier molecular flexibility index (Phi) is 4.94. The third-order valence-electron chi connectivity index (χ3n) is 3.56. The van der Waals surface area contributed by atoms with E-state index in [9.17, 15) is 13.9 Å². The second kappa shape index (κ2) is 6.70. The first-order valence-electron chi connectivity index (χ1n) is 6.62. The van der Waals surface area contributed by atoms with Crippen LogP contribution in [0.25, 0.3) is 0 Å². The second-order valence-corrected chi connectivity index (χ2v) is 4.79. The van der Waals surface area contributed by atoms with Gasteiger partial charge in [-0.25, -0.2) is 8.78 Å². The van der Waals surface area contributed by atoms with Gasteiger partial charge in [0.25, 0.3) is 6.43 Å². The summed E-state index contributed by atoms with van der Waals surface area (Å²) in [6, 6.07) is 3.28. The van der Waals surface area contributed by atoms with Crippen LogP contribution in [-0.4, -0.2) is 49.7 Å². The molecule has 2 rings (SSSR count). The number of phenols is 1. The van der Waals surface area contributed by atoms with Gasteiger partial charge in [0, 0.05) is 37.8 Å². The molecule has 114 valence electrons. The molecule has 0 amide bonds. The van der Waals surface area contributed by atoms with Crippen molar-refractivity contribution in [2.45, 2.75) is 12.5 Å². The maximum atomic E-state index is 13.5. The SMILES string of the molecule is COc1cc(C#N)cc([C@H](C(F)F)N2CCNCC2)c1O. The van der Waals surface area contributed by atoms with Gasteiger partial charge >= 0.3 is 0 Å². The van der Waals surface area contributed by atoms with E-state index in [0.717, 1.165) is 0 Å². The first kappa shape index (κ1) is 15.5. The van der Waals surface area contributed by atoms with E-state index < -0.39 is 12.5 Å². The van der Waals surface area contributed by atoms with E-state index in [0.29, 0.717) is 26.2 Å². The fourth-order valence-corrected chi connectivity index (χ4v) is 2.53. The minimum Gasteiger partial charge on any atom is -0.504 e. The highest BCUT2D eigenvalue weighted by Gasteiger charge is 2.33. The van der Waals surface area contributed by atoms with Crippen LogP contribution >= 0.6 is 0 Å². The maximum Gasteiger partial charge on any atom is 0.258 e. The lowest BCUT2D eigenvalue weighted by Gasteiger charge is -2.35. The third-order valence-corrected chi connectivity index (χ3v) is 3.56. The van der Waals surface area contributed by atoms with Crippen molar-refractivity contribution in [2.24, 2.45) is 0 Å². The molecule has 0 saturated carbocycles. The number of nitrogens with zero attached hydrogens (tertiary/aromatic N) is 2. The molecular formula is C14H17F2N3O2. The molecule has 2 N–H and O–H groups in total. The molecule has 1 heterocycles. The molecule has 1 saturated heterocycles. The molecule has 0 aliphatic carbocycles. The number of nitrogens with one attached hydrogen (secondary N) is 1. The molecule has 0 radical (unpaired) electrons. The van der Waals surface area contributed by atoms with Gasteiger partial charge in [0.2, 0.25) is 0 Å². The Morgan fingerprint density at radius 1 is 1.38 bits per heavy atom. The number of nitriles is 1. The molecule has 1 aliphatic rings. The van der Waals surface area contributed by atoms with Crippen molar-refractivity contribution >= 4 is 0 Å². The lowest BCUT2D eigenvalue weighted by atomic mass is 10.0. The Hall–Kier alpha value is -1.91. The summed E-state index contributed by atoms with van der Waals surface area (Å²) < 4.78 is 32.0. The summed E-state index contributed by atoms with van der Waals surface area (Å²) in [7, 11) is 1.32. The third kappa shape index (κ3) is 3.23. The van der Waals surface area contributed by atoms with Gasteiger partial charge in [0.05, 0.1) is 18.7 Å². The molecule has 0 bridgehead atoms. The fraction of sp³-hybridized carbons (Fsp3) is 0.500. The molecule has 1 aliphatic heterocycles. The number of benzene rings is 1. The van der Waals surface area contributed by atoms with Crippen molar-refractivity contribution in [3.8, 4) is 17.6 Å². The quantitative estimate of drug-likeness (QED) is 0.881. The molecule has 21 heavy (non-hydrogen) atoms. The van der Waals surface area contributed by atoms with E-state index in [4.69, 9.17) is 10.00 Å². The van der Waals surface area contributed by atoms with Crippen LogP contribution in [0.15, 0.2) is 12.1 Å². The Morgan fingerprint density at radius 2 is 2.05 bits per heavy atom. The van der Waals surface area contributed by atoms with Gasteiger partial charge in [-0.05, 0) is 6.07 Å².